The zero-order chi connectivity index (χ0) is 11.4. The van der Waals surface area contributed by atoms with Crippen LogP contribution in [0, 0.1) is 0 Å². The first-order valence-corrected chi connectivity index (χ1v) is 6.51. The van der Waals surface area contributed by atoms with Crippen LogP contribution in [0.5, 0.6) is 0 Å². The zero-order valence-electron chi connectivity index (χ0n) is 9.93. The fourth-order valence-electron chi connectivity index (χ4n) is 2.95. The van der Waals surface area contributed by atoms with E-state index in [1.54, 1.807) is 0 Å². The van der Waals surface area contributed by atoms with Gasteiger partial charge < -0.3 is 11.1 Å². The van der Waals surface area contributed by atoms with E-state index < -0.39 is 5.54 Å². The highest BCUT2D eigenvalue weighted by Crippen LogP contribution is 2.23. The summed E-state index contributed by atoms with van der Waals surface area (Å²) >= 11 is 0. The molecule has 1 aliphatic heterocycles. The fourth-order valence-corrected chi connectivity index (χ4v) is 2.95. The number of amides is 1. The summed E-state index contributed by atoms with van der Waals surface area (Å²) in [6.45, 7) is 1.69. The van der Waals surface area contributed by atoms with Crippen molar-refractivity contribution in [3.05, 3.63) is 0 Å². The van der Waals surface area contributed by atoms with Gasteiger partial charge >= 0.3 is 0 Å². The van der Waals surface area contributed by atoms with Crippen LogP contribution in [-0.2, 0) is 4.79 Å². The van der Waals surface area contributed by atoms with E-state index in [-0.39, 0.29) is 5.91 Å². The summed E-state index contributed by atoms with van der Waals surface area (Å²) in [4.78, 5) is 11.7. The molecule has 0 aromatic rings. The lowest BCUT2D eigenvalue weighted by Crippen LogP contribution is -2.65. The Kier molecular flexibility index (Phi) is 3.82. The van der Waals surface area contributed by atoms with Gasteiger partial charge in [-0.15, -0.1) is 0 Å². The second-order valence-electron chi connectivity index (χ2n) is 5.21. The van der Waals surface area contributed by atoms with Crippen molar-refractivity contribution in [2.45, 2.75) is 56.5 Å². The van der Waals surface area contributed by atoms with Crippen molar-refractivity contribution in [3.63, 3.8) is 0 Å². The maximum Gasteiger partial charge on any atom is 0.239 e. The lowest BCUT2D eigenvalue weighted by atomic mass is 9.86. The molecule has 1 saturated carbocycles. The Morgan fingerprint density at radius 3 is 2.56 bits per heavy atom. The Morgan fingerprint density at radius 1 is 1.25 bits per heavy atom. The van der Waals surface area contributed by atoms with Crippen molar-refractivity contribution >= 4 is 5.91 Å². The first-order valence-electron chi connectivity index (χ1n) is 6.51. The molecule has 1 aliphatic carbocycles. The van der Waals surface area contributed by atoms with Gasteiger partial charge in [0, 0.05) is 12.6 Å². The van der Waals surface area contributed by atoms with Gasteiger partial charge in [-0.1, -0.05) is 19.3 Å². The molecule has 0 aromatic carbocycles. The zero-order valence-corrected chi connectivity index (χ0v) is 9.93. The van der Waals surface area contributed by atoms with Crippen molar-refractivity contribution in [1.29, 1.82) is 0 Å². The Balaban J connectivity index is 1.98. The van der Waals surface area contributed by atoms with Crippen molar-refractivity contribution in [2.24, 2.45) is 5.73 Å². The van der Waals surface area contributed by atoms with Gasteiger partial charge in [0.1, 0.15) is 5.54 Å². The monoisotopic (exact) mass is 225 g/mol. The van der Waals surface area contributed by atoms with E-state index in [0.29, 0.717) is 12.6 Å². The molecule has 4 nitrogen and oxygen atoms in total. The van der Waals surface area contributed by atoms with Crippen LogP contribution < -0.4 is 16.4 Å². The van der Waals surface area contributed by atoms with Crippen LogP contribution in [0.1, 0.15) is 44.9 Å². The Hall–Kier alpha value is -0.610. The highest BCUT2D eigenvalue weighted by Gasteiger charge is 2.39. The van der Waals surface area contributed by atoms with Gasteiger partial charge in [-0.05, 0) is 32.2 Å². The number of primary amides is 1. The SMILES string of the molecule is NC(=O)C1(NC2CCCCC2)CCCNC1. The lowest BCUT2D eigenvalue weighted by molar-refractivity contribution is -0.125. The smallest absolute Gasteiger partial charge is 0.239 e. The van der Waals surface area contributed by atoms with Gasteiger partial charge in [-0.2, -0.15) is 0 Å². The molecule has 2 rings (SSSR count). The molecular weight excluding hydrogens is 202 g/mol. The Morgan fingerprint density at radius 2 is 2.00 bits per heavy atom. The molecule has 92 valence electrons. The molecule has 0 spiro atoms. The topological polar surface area (TPSA) is 67.2 Å². The van der Waals surface area contributed by atoms with Gasteiger partial charge in [0.05, 0.1) is 0 Å². The summed E-state index contributed by atoms with van der Waals surface area (Å²) < 4.78 is 0. The first kappa shape index (κ1) is 11.9. The average Bonchev–Trinajstić information content (AvgIpc) is 2.31. The van der Waals surface area contributed by atoms with Crippen LogP contribution in [0.4, 0.5) is 0 Å². The molecular formula is C12H23N3O. The second kappa shape index (κ2) is 5.15. The van der Waals surface area contributed by atoms with Gasteiger partial charge in [0.25, 0.3) is 0 Å². The quantitative estimate of drug-likeness (QED) is 0.656. The number of carbonyl (C=O) groups excluding carboxylic acids is 1. The van der Waals surface area contributed by atoms with Crippen LogP contribution in [0.25, 0.3) is 0 Å². The minimum absolute atomic E-state index is 0.190. The average molecular weight is 225 g/mol. The van der Waals surface area contributed by atoms with Crippen LogP contribution in [0.2, 0.25) is 0 Å². The summed E-state index contributed by atoms with van der Waals surface area (Å²) in [5.41, 5.74) is 5.09. The Bertz CT molecular complexity index is 243. The van der Waals surface area contributed by atoms with E-state index in [1.807, 2.05) is 0 Å². The van der Waals surface area contributed by atoms with Crippen molar-refractivity contribution < 1.29 is 4.79 Å². The molecule has 1 saturated heterocycles. The number of nitrogens with two attached hydrogens (primary N) is 1. The fraction of sp³-hybridized carbons (Fsp3) is 0.917. The Labute approximate surface area is 97.3 Å². The minimum Gasteiger partial charge on any atom is -0.368 e. The molecule has 2 aliphatic rings. The van der Waals surface area contributed by atoms with Crippen molar-refractivity contribution in [3.8, 4) is 0 Å². The van der Waals surface area contributed by atoms with E-state index in [9.17, 15) is 4.79 Å². The summed E-state index contributed by atoms with van der Waals surface area (Å²) in [5.74, 6) is -0.190. The molecule has 0 bridgehead atoms. The number of hydrogen-bond donors (Lipinski definition) is 3. The van der Waals surface area contributed by atoms with E-state index >= 15 is 0 Å². The van der Waals surface area contributed by atoms with E-state index in [4.69, 9.17) is 5.73 Å². The molecule has 0 radical (unpaired) electrons. The molecule has 16 heavy (non-hydrogen) atoms. The van der Waals surface area contributed by atoms with Crippen molar-refractivity contribution in [1.82, 2.24) is 10.6 Å². The van der Waals surface area contributed by atoms with Crippen molar-refractivity contribution in [2.75, 3.05) is 13.1 Å². The standard InChI is InChI=1S/C12H23N3O/c13-11(16)12(7-4-8-14-9-12)15-10-5-2-1-3-6-10/h10,14-15H,1-9H2,(H2,13,16). The van der Waals surface area contributed by atoms with Gasteiger partial charge in [-0.3, -0.25) is 10.1 Å². The van der Waals surface area contributed by atoms with Gasteiger partial charge in [-0.25, -0.2) is 0 Å². The molecule has 2 fully saturated rings. The predicted molar refractivity (Wildman–Crippen MR) is 64.0 cm³/mol. The molecule has 0 aromatic heterocycles. The van der Waals surface area contributed by atoms with Crippen LogP contribution in [-0.4, -0.2) is 30.6 Å². The normalized spacial score (nSPS) is 32.5. The third-order valence-electron chi connectivity index (χ3n) is 3.94. The summed E-state index contributed by atoms with van der Waals surface area (Å²) in [6.07, 6.45) is 8.18. The van der Waals surface area contributed by atoms with Gasteiger partial charge in [0.15, 0.2) is 0 Å². The predicted octanol–water partition coefficient (Wildman–Crippen LogP) is 0.516. The molecule has 1 heterocycles. The molecule has 1 atom stereocenters. The highest BCUT2D eigenvalue weighted by atomic mass is 16.1. The molecule has 1 unspecified atom stereocenters. The summed E-state index contributed by atoms with van der Waals surface area (Å²) in [7, 11) is 0. The maximum atomic E-state index is 11.7. The maximum absolute atomic E-state index is 11.7. The summed E-state index contributed by atoms with van der Waals surface area (Å²) in [6, 6.07) is 0.487. The lowest BCUT2D eigenvalue weighted by Gasteiger charge is -2.39. The number of rotatable bonds is 3. The number of nitrogens with one attached hydrogen (secondary N) is 2. The summed E-state index contributed by atoms with van der Waals surface area (Å²) in [5, 5.41) is 6.82. The number of piperidine rings is 1. The van der Waals surface area contributed by atoms with E-state index in [2.05, 4.69) is 10.6 Å². The molecule has 4 heteroatoms. The van der Waals surface area contributed by atoms with E-state index in [1.165, 1.54) is 32.1 Å². The first-order chi connectivity index (χ1) is 7.73. The third kappa shape index (κ3) is 2.55. The molecule has 1 amide bonds. The van der Waals surface area contributed by atoms with Crippen LogP contribution in [0.3, 0.4) is 0 Å². The van der Waals surface area contributed by atoms with Crippen LogP contribution in [0.15, 0.2) is 0 Å². The third-order valence-corrected chi connectivity index (χ3v) is 3.94. The number of hydrogen-bond acceptors (Lipinski definition) is 3. The largest absolute Gasteiger partial charge is 0.368 e. The van der Waals surface area contributed by atoms with E-state index in [0.717, 1.165) is 19.4 Å². The molecule has 4 N–H and O–H groups in total. The van der Waals surface area contributed by atoms with Crippen LogP contribution >= 0.6 is 0 Å². The van der Waals surface area contributed by atoms with Gasteiger partial charge in [0.2, 0.25) is 5.91 Å². The highest BCUT2D eigenvalue weighted by molar-refractivity contribution is 5.85. The second-order valence-corrected chi connectivity index (χ2v) is 5.21. The minimum atomic E-state index is -0.486. The number of carbonyl (C=O) groups is 1.